The average Bonchev–Trinajstić information content (AvgIpc) is 3.07. The smallest absolute Gasteiger partial charge is 0.165 e. The van der Waals surface area contributed by atoms with Crippen LogP contribution in [0.5, 0.6) is 0 Å². The van der Waals surface area contributed by atoms with Crippen molar-refractivity contribution in [3.05, 3.63) is 77.6 Å². The van der Waals surface area contributed by atoms with Crippen LogP contribution in [0.4, 0.5) is 11.5 Å². The number of nitrogens with zero attached hydrogens (tertiary/aromatic N) is 3. The van der Waals surface area contributed by atoms with Gasteiger partial charge in [0.15, 0.2) is 5.65 Å². The highest BCUT2D eigenvalue weighted by Gasteiger charge is 2.17. The van der Waals surface area contributed by atoms with E-state index in [4.69, 9.17) is 10.1 Å². The number of aromatic nitrogens is 3. The summed E-state index contributed by atoms with van der Waals surface area (Å²) in [6, 6.07) is 21.0. The summed E-state index contributed by atoms with van der Waals surface area (Å²) in [5.74, 6) is 1.45. The Morgan fingerprint density at radius 2 is 1.71 bits per heavy atom. The lowest BCUT2D eigenvalue weighted by molar-refractivity contribution is 0.866. The molecule has 1 N–H and O–H groups in total. The first-order chi connectivity index (χ1) is 13.6. The first-order valence-corrected chi connectivity index (χ1v) is 9.88. The molecule has 0 unspecified atom stereocenters. The molecule has 0 aliphatic carbocycles. The van der Waals surface area contributed by atoms with Gasteiger partial charge in [-0.2, -0.15) is 9.61 Å². The van der Waals surface area contributed by atoms with Crippen LogP contribution < -0.4 is 5.32 Å². The highest BCUT2D eigenvalue weighted by molar-refractivity contribution is 5.81. The Morgan fingerprint density at radius 3 is 2.36 bits per heavy atom. The number of aryl methyl sites for hydroxylation is 2. The second kappa shape index (κ2) is 7.47. The van der Waals surface area contributed by atoms with Gasteiger partial charge < -0.3 is 5.32 Å². The Labute approximate surface area is 166 Å². The van der Waals surface area contributed by atoms with Crippen LogP contribution in [0.25, 0.3) is 16.8 Å². The monoisotopic (exact) mass is 370 g/mol. The van der Waals surface area contributed by atoms with Crippen molar-refractivity contribution in [3.8, 4) is 11.1 Å². The van der Waals surface area contributed by atoms with Gasteiger partial charge >= 0.3 is 0 Å². The minimum absolute atomic E-state index is 0.524. The molecule has 28 heavy (non-hydrogen) atoms. The Morgan fingerprint density at radius 1 is 1.00 bits per heavy atom. The van der Waals surface area contributed by atoms with Gasteiger partial charge in [-0.15, -0.1) is 0 Å². The van der Waals surface area contributed by atoms with Crippen molar-refractivity contribution in [2.24, 2.45) is 0 Å². The zero-order chi connectivity index (χ0) is 19.7. The zero-order valence-corrected chi connectivity index (χ0v) is 16.9. The second-order valence-electron chi connectivity index (χ2n) is 7.46. The molecule has 0 saturated heterocycles. The fraction of sp³-hybridized carbons (Fsp3) is 0.250. The molecule has 0 spiro atoms. The van der Waals surface area contributed by atoms with Crippen molar-refractivity contribution >= 4 is 17.2 Å². The van der Waals surface area contributed by atoms with Crippen LogP contribution in [0.3, 0.4) is 0 Å². The molecular weight excluding hydrogens is 344 g/mol. The van der Waals surface area contributed by atoms with Gasteiger partial charge in [0, 0.05) is 23.0 Å². The van der Waals surface area contributed by atoms with Crippen molar-refractivity contribution in [3.63, 3.8) is 0 Å². The van der Waals surface area contributed by atoms with E-state index in [0.717, 1.165) is 46.1 Å². The Kier molecular flexibility index (Phi) is 4.86. The van der Waals surface area contributed by atoms with Gasteiger partial charge in [-0.25, -0.2) is 4.98 Å². The Balaban J connectivity index is 1.82. The lowest BCUT2D eigenvalue weighted by Crippen LogP contribution is -2.03. The Hall–Kier alpha value is -3.14. The molecule has 4 nitrogen and oxygen atoms in total. The molecule has 0 aliphatic rings. The minimum Gasteiger partial charge on any atom is -0.340 e. The van der Waals surface area contributed by atoms with Gasteiger partial charge in [-0.3, -0.25) is 0 Å². The van der Waals surface area contributed by atoms with Gasteiger partial charge in [-0.05, 0) is 42.5 Å². The largest absolute Gasteiger partial charge is 0.340 e. The van der Waals surface area contributed by atoms with Gasteiger partial charge in [0.1, 0.15) is 5.82 Å². The molecule has 0 radical (unpaired) electrons. The van der Waals surface area contributed by atoms with E-state index in [1.54, 1.807) is 0 Å². The summed E-state index contributed by atoms with van der Waals surface area (Å²) in [5.41, 5.74) is 7.57. The number of fused-ring (bicyclic) bond motifs is 1. The fourth-order valence-electron chi connectivity index (χ4n) is 3.52. The molecular formula is C24H26N4. The molecule has 0 saturated carbocycles. The van der Waals surface area contributed by atoms with Crippen molar-refractivity contribution in [1.82, 2.24) is 14.6 Å². The quantitative estimate of drug-likeness (QED) is 0.459. The summed E-state index contributed by atoms with van der Waals surface area (Å²) >= 11 is 0. The van der Waals surface area contributed by atoms with E-state index in [9.17, 15) is 0 Å². The summed E-state index contributed by atoms with van der Waals surface area (Å²) in [6.07, 6.45) is 0.856. The molecule has 2 heterocycles. The number of anilines is 2. The highest BCUT2D eigenvalue weighted by atomic mass is 15.3. The third kappa shape index (κ3) is 3.38. The molecule has 0 fully saturated rings. The van der Waals surface area contributed by atoms with Crippen molar-refractivity contribution in [2.45, 2.75) is 40.0 Å². The first kappa shape index (κ1) is 18.2. The Bertz CT molecular complexity index is 1090. The van der Waals surface area contributed by atoms with Gasteiger partial charge in [0.25, 0.3) is 0 Å². The maximum Gasteiger partial charge on any atom is 0.165 e. The molecule has 2 aromatic carbocycles. The SMILES string of the molecule is CCc1nn2c(Nc3ccc(C(C)C)cc3)cc(C)nc2c1-c1ccccc1. The van der Waals surface area contributed by atoms with E-state index in [-0.39, 0.29) is 0 Å². The number of benzene rings is 2. The van der Waals surface area contributed by atoms with Crippen LogP contribution in [0.15, 0.2) is 60.7 Å². The van der Waals surface area contributed by atoms with Crippen molar-refractivity contribution in [1.29, 1.82) is 0 Å². The van der Waals surface area contributed by atoms with E-state index in [2.05, 4.69) is 74.6 Å². The van der Waals surface area contributed by atoms with Crippen molar-refractivity contribution < 1.29 is 0 Å². The number of hydrogen-bond acceptors (Lipinski definition) is 3. The van der Waals surface area contributed by atoms with Gasteiger partial charge in [-0.1, -0.05) is 63.2 Å². The van der Waals surface area contributed by atoms with Crippen LogP contribution in [0.1, 0.15) is 43.6 Å². The average molecular weight is 371 g/mol. The number of rotatable bonds is 5. The predicted octanol–water partition coefficient (Wildman–Crippen LogP) is 6.13. The van der Waals surface area contributed by atoms with E-state index < -0.39 is 0 Å². The standard InChI is InChI=1S/C24H26N4/c1-5-21-23(19-9-7-6-8-10-19)24-25-17(4)15-22(28(24)27-21)26-20-13-11-18(12-14-20)16(2)3/h6-16,26H,5H2,1-4H3. The summed E-state index contributed by atoms with van der Waals surface area (Å²) in [4.78, 5) is 4.82. The molecule has 0 aliphatic heterocycles. The summed E-state index contributed by atoms with van der Waals surface area (Å²) in [5, 5.41) is 8.41. The second-order valence-corrected chi connectivity index (χ2v) is 7.46. The molecule has 0 bridgehead atoms. The van der Waals surface area contributed by atoms with E-state index in [1.165, 1.54) is 5.56 Å². The van der Waals surface area contributed by atoms with Crippen molar-refractivity contribution in [2.75, 3.05) is 5.32 Å². The zero-order valence-electron chi connectivity index (χ0n) is 16.9. The van der Waals surface area contributed by atoms with Gasteiger partial charge in [0.2, 0.25) is 0 Å². The topological polar surface area (TPSA) is 42.2 Å². The third-order valence-corrected chi connectivity index (χ3v) is 5.04. The molecule has 4 rings (SSSR count). The first-order valence-electron chi connectivity index (χ1n) is 9.88. The minimum atomic E-state index is 0.524. The normalized spacial score (nSPS) is 11.3. The third-order valence-electron chi connectivity index (χ3n) is 5.04. The molecule has 0 amide bonds. The van der Waals surface area contributed by atoms with Crippen LogP contribution >= 0.6 is 0 Å². The predicted molar refractivity (Wildman–Crippen MR) is 116 cm³/mol. The van der Waals surface area contributed by atoms with Crippen LogP contribution in [-0.4, -0.2) is 14.6 Å². The number of nitrogens with one attached hydrogen (secondary N) is 1. The molecule has 142 valence electrons. The molecule has 4 heteroatoms. The maximum atomic E-state index is 4.88. The maximum absolute atomic E-state index is 4.88. The van der Waals surface area contributed by atoms with E-state index in [1.807, 2.05) is 23.6 Å². The highest BCUT2D eigenvalue weighted by Crippen LogP contribution is 2.31. The van der Waals surface area contributed by atoms with Crippen LogP contribution in [0.2, 0.25) is 0 Å². The molecule has 4 aromatic rings. The summed E-state index contributed by atoms with van der Waals surface area (Å²) in [6.45, 7) is 8.58. The lowest BCUT2D eigenvalue weighted by atomic mass is 10.0. The van der Waals surface area contributed by atoms with Crippen LogP contribution in [0, 0.1) is 6.92 Å². The van der Waals surface area contributed by atoms with E-state index >= 15 is 0 Å². The fourth-order valence-corrected chi connectivity index (χ4v) is 3.52. The molecule has 0 atom stereocenters. The summed E-state index contributed by atoms with van der Waals surface area (Å²) < 4.78 is 1.94. The molecule has 2 aromatic heterocycles. The van der Waals surface area contributed by atoms with Gasteiger partial charge in [0.05, 0.1) is 5.69 Å². The lowest BCUT2D eigenvalue weighted by Gasteiger charge is -2.11. The van der Waals surface area contributed by atoms with Crippen LogP contribution in [-0.2, 0) is 6.42 Å². The summed E-state index contributed by atoms with van der Waals surface area (Å²) in [7, 11) is 0. The number of hydrogen-bond donors (Lipinski definition) is 1. The van der Waals surface area contributed by atoms with E-state index in [0.29, 0.717) is 5.92 Å².